The van der Waals surface area contributed by atoms with Crippen molar-refractivity contribution in [2.24, 2.45) is 5.92 Å². The standard InChI is InChI=1S/C16H20N2O3/c1-10-8-11-4-2-3-5-14(11)18(10)15(19)12-6-7-17-13(9-12)16(20)21/h6-7,9-11,14H,2-5,8H2,1H3,(H,20,21). The third kappa shape index (κ3) is 2.52. The molecule has 2 heterocycles. The third-order valence-corrected chi connectivity index (χ3v) is 4.81. The average molecular weight is 288 g/mol. The van der Waals surface area contributed by atoms with E-state index in [1.165, 1.54) is 31.5 Å². The second-order valence-electron chi connectivity index (χ2n) is 6.14. The number of nitrogens with zero attached hydrogens (tertiary/aromatic N) is 2. The molecule has 1 saturated carbocycles. The van der Waals surface area contributed by atoms with Crippen molar-refractivity contribution >= 4 is 11.9 Å². The van der Waals surface area contributed by atoms with Gasteiger partial charge in [-0.1, -0.05) is 12.8 Å². The van der Waals surface area contributed by atoms with Gasteiger partial charge in [-0.25, -0.2) is 9.78 Å². The number of pyridine rings is 1. The van der Waals surface area contributed by atoms with Gasteiger partial charge in [0, 0.05) is 23.8 Å². The average Bonchev–Trinajstić information content (AvgIpc) is 2.82. The van der Waals surface area contributed by atoms with Crippen LogP contribution in [0.2, 0.25) is 0 Å². The lowest BCUT2D eigenvalue weighted by atomic mass is 9.85. The molecule has 1 saturated heterocycles. The predicted octanol–water partition coefficient (Wildman–Crippen LogP) is 2.57. The molecular weight excluding hydrogens is 268 g/mol. The SMILES string of the molecule is CC1CC2CCCCC2N1C(=O)c1ccnc(C(=O)O)c1. The molecule has 1 amide bonds. The van der Waals surface area contributed by atoms with E-state index in [9.17, 15) is 9.59 Å². The zero-order chi connectivity index (χ0) is 15.0. The van der Waals surface area contributed by atoms with Gasteiger partial charge in [0.2, 0.25) is 0 Å². The van der Waals surface area contributed by atoms with E-state index in [0.29, 0.717) is 17.5 Å². The van der Waals surface area contributed by atoms with E-state index in [4.69, 9.17) is 5.11 Å². The number of carbonyl (C=O) groups is 2. The van der Waals surface area contributed by atoms with Crippen LogP contribution in [-0.2, 0) is 0 Å². The molecule has 2 fully saturated rings. The monoisotopic (exact) mass is 288 g/mol. The lowest BCUT2D eigenvalue weighted by molar-refractivity contribution is 0.0633. The molecule has 0 aromatic carbocycles. The topological polar surface area (TPSA) is 70.5 Å². The van der Waals surface area contributed by atoms with E-state index < -0.39 is 5.97 Å². The van der Waals surface area contributed by atoms with Crippen molar-refractivity contribution in [2.45, 2.75) is 51.1 Å². The Morgan fingerprint density at radius 3 is 2.86 bits per heavy atom. The molecule has 5 heteroatoms. The van der Waals surface area contributed by atoms with E-state index in [1.807, 2.05) is 4.90 Å². The van der Waals surface area contributed by atoms with Gasteiger partial charge >= 0.3 is 5.97 Å². The van der Waals surface area contributed by atoms with Crippen LogP contribution >= 0.6 is 0 Å². The summed E-state index contributed by atoms with van der Waals surface area (Å²) in [7, 11) is 0. The summed E-state index contributed by atoms with van der Waals surface area (Å²) in [5.74, 6) is -0.546. The minimum Gasteiger partial charge on any atom is -0.477 e. The van der Waals surface area contributed by atoms with Crippen LogP contribution in [0.5, 0.6) is 0 Å². The first kappa shape index (κ1) is 14.0. The number of carboxylic acid groups (broad SMARTS) is 1. The summed E-state index contributed by atoms with van der Waals surface area (Å²) in [5, 5.41) is 9.01. The van der Waals surface area contributed by atoms with Crippen molar-refractivity contribution in [2.75, 3.05) is 0 Å². The normalized spacial score (nSPS) is 28.2. The van der Waals surface area contributed by atoms with Crippen molar-refractivity contribution in [1.82, 2.24) is 9.88 Å². The predicted molar refractivity (Wildman–Crippen MR) is 77.2 cm³/mol. The fourth-order valence-corrected chi connectivity index (χ4v) is 3.89. The zero-order valence-corrected chi connectivity index (χ0v) is 12.2. The van der Waals surface area contributed by atoms with Crippen molar-refractivity contribution in [1.29, 1.82) is 0 Å². The largest absolute Gasteiger partial charge is 0.477 e. The third-order valence-electron chi connectivity index (χ3n) is 4.81. The van der Waals surface area contributed by atoms with Crippen LogP contribution in [0.25, 0.3) is 0 Å². The molecule has 1 aromatic rings. The molecule has 1 aliphatic heterocycles. The van der Waals surface area contributed by atoms with Crippen LogP contribution in [0.4, 0.5) is 0 Å². The van der Waals surface area contributed by atoms with E-state index in [1.54, 1.807) is 6.07 Å². The molecule has 1 aromatic heterocycles. The molecule has 0 bridgehead atoms. The lowest BCUT2D eigenvalue weighted by Gasteiger charge is -2.33. The van der Waals surface area contributed by atoms with Gasteiger partial charge in [-0.05, 0) is 44.2 Å². The van der Waals surface area contributed by atoms with Gasteiger partial charge in [-0.2, -0.15) is 0 Å². The number of hydrogen-bond acceptors (Lipinski definition) is 3. The lowest BCUT2D eigenvalue weighted by Crippen LogP contribution is -2.42. The maximum atomic E-state index is 12.8. The Hall–Kier alpha value is -1.91. The van der Waals surface area contributed by atoms with Crippen LogP contribution < -0.4 is 0 Å². The number of carboxylic acids is 1. The molecular formula is C16H20N2O3. The summed E-state index contributed by atoms with van der Waals surface area (Å²) in [6.45, 7) is 2.09. The van der Waals surface area contributed by atoms with Gasteiger partial charge in [-0.15, -0.1) is 0 Å². The summed E-state index contributed by atoms with van der Waals surface area (Å²) in [6.07, 6.45) is 7.17. The van der Waals surface area contributed by atoms with Gasteiger partial charge in [0.1, 0.15) is 5.69 Å². The highest BCUT2D eigenvalue weighted by molar-refractivity contribution is 5.97. The molecule has 112 valence electrons. The van der Waals surface area contributed by atoms with E-state index in [0.717, 1.165) is 12.8 Å². The van der Waals surface area contributed by atoms with Crippen LogP contribution in [0.1, 0.15) is 59.9 Å². The molecule has 0 spiro atoms. The van der Waals surface area contributed by atoms with E-state index in [-0.39, 0.29) is 17.6 Å². The Balaban J connectivity index is 1.87. The number of carbonyl (C=O) groups excluding carboxylic acids is 1. The highest BCUT2D eigenvalue weighted by atomic mass is 16.4. The Morgan fingerprint density at radius 2 is 2.10 bits per heavy atom. The van der Waals surface area contributed by atoms with Gasteiger partial charge in [0.15, 0.2) is 0 Å². The number of fused-ring (bicyclic) bond motifs is 1. The van der Waals surface area contributed by atoms with Crippen molar-refractivity contribution in [3.05, 3.63) is 29.6 Å². The Bertz CT molecular complexity index is 572. The Kier molecular flexibility index (Phi) is 3.66. The number of amides is 1. The molecule has 3 unspecified atom stereocenters. The van der Waals surface area contributed by atoms with Gasteiger partial charge in [0.25, 0.3) is 5.91 Å². The summed E-state index contributed by atoms with van der Waals surface area (Å²) in [6, 6.07) is 3.54. The molecule has 5 nitrogen and oxygen atoms in total. The summed E-state index contributed by atoms with van der Waals surface area (Å²) < 4.78 is 0. The minimum atomic E-state index is -1.10. The quantitative estimate of drug-likeness (QED) is 0.908. The van der Waals surface area contributed by atoms with Crippen LogP contribution in [-0.4, -0.2) is 39.0 Å². The number of hydrogen-bond donors (Lipinski definition) is 1. The van der Waals surface area contributed by atoms with Crippen LogP contribution in [0.3, 0.4) is 0 Å². The number of likely N-dealkylation sites (tertiary alicyclic amines) is 1. The molecule has 0 radical (unpaired) electrons. The summed E-state index contributed by atoms with van der Waals surface area (Å²) >= 11 is 0. The molecule has 1 N–H and O–H groups in total. The number of aromatic nitrogens is 1. The van der Waals surface area contributed by atoms with Crippen molar-refractivity contribution in [3.8, 4) is 0 Å². The first-order chi connectivity index (χ1) is 10.1. The van der Waals surface area contributed by atoms with Crippen LogP contribution in [0.15, 0.2) is 18.3 Å². The van der Waals surface area contributed by atoms with Gasteiger partial charge < -0.3 is 10.0 Å². The second kappa shape index (κ2) is 5.47. The zero-order valence-electron chi connectivity index (χ0n) is 12.2. The fourth-order valence-electron chi connectivity index (χ4n) is 3.89. The minimum absolute atomic E-state index is 0.0539. The van der Waals surface area contributed by atoms with Crippen LogP contribution in [0, 0.1) is 5.92 Å². The fraction of sp³-hybridized carbons (Fsp3) is 0.562. The summed E-state index contributed by atoms with van der Waals surface area (Å²) in [4.78, 5) is 29.5. The molecule has 1 aliphatic carbocycles. The van der Waals surface area contributed by atoms with E-state index in [2.05, 4.69) is 11.9 Å². The number of aromatic carboxylic acids is 1. The first-order valence-corrected chi connectivity index (χ1v) is 7.60. The second-order valence-corrected chi connectivity index (χ2v) is 6.14. The maximum Gasteiger partial charge on any atom is 0.354 e. The maximum absolute atomic E-state index is 12.8. The molecule has 3 atom stereocenters. The Labute approximate surface area is 124 Å². The highest BCUT2D eigenvalue weighted by Gasteiger charge is 2.42. The van der Waals surface area contributed by atoms with E-state index >= 15 is 0 Å². The molecule has 3 rings (SSSR count). The van der Waals surface area contributed by atoms with Gasteiger partial charge in [-0.3, -0.25) is 4.79 Å². The molecule has 2 aliphatic rings. The van der Waals surface area contributed by atoms with Gasteiger partial charge in [0.05, 0.1) is 0 Å². The first-order valence-electron chi connectivity index (χ1n) is 7.60. The summed E-state index contributed by atoms with van der Waals surface area (Å²) in [5.41, 5.74) is 0.355. The smallest absolute Gasteiger partial charge is 0.354 e. The molecule has 21 heavy (non-hydrogen) atoms. The Morgan fingerprint density at radius 1 is 1.33 bits per heavy atom. The van der Waals surface area contributed by atoms with Crippen molar-refractivity contribution < 1.29 is 14.7 Å². The highest BCUT2D eigenvalue weighted by Crippen LogP contribution is 2.40. The van der Waals surface area contributed by atoms with Crippen molar-refractivity contribution in [3.63, 3.8) is 0 Å². The number of rotatable bonds is 2.